The molecule has 19 heavy (non-hydrogen) atoms. The van der Waals surface area contributed by atoms with Gasteiger partial charge in [0.15, 0.2) is 0 Å². The van der Waals surface area contributed by atoms with E-state index >= 15 is 0 Å². The van der Waals surface area contributed by atoms with E-state index in [0.717, 1.165) is 37.6 Å². The Hall–Kier alpha value is -1.55. The molecule has 4 nitrogen and oxygen atoms in total. The highest BCUT2D eigenvalue weighted by Gasteiger charge is 2.33. The van der Waals surface area contributed by atoms with Gasteiger partial charge in [0.05, 0.1) is 17.3 Å². The molecule has 0 aromatic heterocycles. The molecule has 1 amide bonds. The number of hydrogen-bond donors (Lipinski definition) is 1. The summed E-state index contributed by atoms with van der Waals surface area (Å²) < 4.78 is 0. The topological polar surface area (TPSA) is 35.6 Å². The quantitative estimate of drug-likeness (QED) is 0.826. The molecule has 1 aromatic carbocycles. The first-order valence-electron chi connectivity index (χ1n) is 6.99. The van der Waals surface area contributed by atoms with Gasteiger partial charge in [0.25, 0.3) is 0 Å². The van der Waals surface area contributed by atoms with Crippen molar-refractivity contribution in [2.45, 2.75) is 6.92 Å². The van der Waals surface area contributed by atoms with Crippen LogP contribution in [0.3, 0.4) is 0 Å². The maximum atomic E-state index is 12.6. The van der Waals surface area contributed by atoms with Gasteiger partial charge in [0, 0.05) is 33.2 Å². The van der Waals surface area contributed by atoms with Crippen molar-refractivity contribution in [3.63, 3.8) is 0 Å². The molecule has 0 saturated carbocycles. The lowest BCUT2D eigenvalue weighted by Crippen LogP contribution is -2.52. The number of nitrogens with zero attached hydrogens (tertiary/aromatic N) is 2. The Kier molecular flexibility index (Phi) is 3.19. The molecule has 1 atom stereocenters. The highest BCUT2D eigenvalue weighted by Crippen LogP contribution is 2.33. The van der Waals surface area contributed by atoms with Crippen LogP contribution < -0.4 is 15.1 Å². The Morgan fingerprint density at radius 2 is 1.89 bits per heavy atom. The summed E-state index contributed by atoms with van der Waals surface area (Å²) in [6.45, 7) is 5.66. The number of hydrogen-bond acceptors (Lipinski definition) is 3. The lowest BCUT2D eigenvalue weighted by atomic mass is 10.0. The van der Waals surface area contributed by atoms with E-state index in [-0.39, 0.29) is 11.8 Å². The third kappa shape index (κ3) is 2.21. The fraction of sp³-hybridized carbons (Fsp3) is 0.533. The molecule has 1 unspecified atom stereocenters. The summed E-state index contributed by atoms with van der Waals surface area (Å²) >= 11 is 0. The maximum Gasteiger partial charge on any atom is 0.232 e. The zero-order chi connectivity index (χ0) is 13.4. The molecule has 2 heterocycles. The van der Waals surface area contributed by atoms with Crippen molar-refractivity contribution in [2.75, 3.05) is 43.0 Å². The van der Waals surface area contributed by atoms with Crippen molar-refractivity contribution in [1.29, 1.82) is 0 Å². The fourth-order valence-corrected chi connectivity index (χ4v) is 2.94. The van der Waals surface area contributed by atoms with Gasteiger partial charge in [-0.05, 0) is 18.1 Å². The van der Waals surface area contributed by atoms with E-state index in [1.807, 2.05) is 17.0 Å². The number of benzene rings is 1. The van der Waals surface area contributed by atoms with Crippen molar-refractivity contribution >= 4 is 17.3 Å². The van der Waals surface area contributed by atoms with Crippen LogP contribution in [0.4, 0.5) is 11.4 Å². The molecule has 3 rings (SSSR count). The van der Waals surface area contributed by atoms with Gasteiger partial charge in [-0.2, -0.15) is 0 Å². The molecule has 102 valence electrons. The third-order valence-corrected chi connectivity index (χ3v) is 4.06. The lowest BCUT2D eigenvalue weighted by Gasteiger charge is -2.33. The molecule has 0 radical (unpaired) electrons. The summed E-state index contributed by atoms with van der Waals surface area (Å²) in [4.78, 5) is 16.9. The zero-order valence-corrected chi connectivity index (χ0v) is 11.6. The molecule has 4 heteroatoms. The standard InChI is InChI=1S/C15H21N3O/c1-11-9-17(2)13-5-3-4-6-14(13)18(10-11)15(19)12-7-16-8-12/h3-6,11-12,16H,7-10H2,1-2H3. The van der Waals surface area contributed by atoms with Crippen LogP contribution in [0.25, 0.3) is 0 Å². The molecule has 1 fully saturated rings. The monoisotopic (exact) mass is 259 g/mol. The number of nitrogens with one attached hydrogen (secondary N) is 1. The Morgan fingerprint density at radius 1 is 1.21 bits per heavy atom. The molecule has 1 N–H and O–H groups in total. The highest BCUT2D eigenvalue weighted by molar-refractivity contribution is 5.99. The van der Waals surface area contributed by atoms with Crippen LogP contribution in [0.5, 0.6) is 0 Å². The summed E-state index contributed by atoms with van der Waals surface area (Å²) in [5.74, 6) is 0.909. The second-order valence-corrected chi connectivity index (χ2v) is 5.78. The minimum atomic E-state index is 0.156. The molecular formula is C15H21N3O. The summed E-state index contributed by atoms with van der Waals surface area (Å²) in [5, 5.41) is 3.18. The zero-order valence-electron chi connectivity index (χ0n) is 11.6. The van der Waals surface area contributed by atoms with Gasteiger partial charge in [-0.3, -0.25) is 4.79 Å². The van der Waals surface area contributed by atoms with E-state index in [1.54, 1.807) is 0 Å². The van der Waals surface area contributed by atoms with Gasteiger partial charge in [0.1, 0.15) is 0 Å². The van der Waals surface area contributed by atoms with E-state index in [1.165, 1.54) is 0 Å². The molecule has 2 aliphatic heterocycles. The molecule has 1 saturated heterocycles. The third-order valence-electron chi connectivity index (χ3n) is 4.06. The molecule has 0 spiro atoms. The first-order valence-corrected chi connectivity index (χ1v) is 6.99. The average Bonchev–Trinajstić information content (AvgIpc) is 2.45. The first kappa shape index (κ1) is 12.5. The largest absolute Gasteiger partial charge is 0.373 e. The number of carbonyl (C=O) groups excluding carboxylic acids is 1. The number of amides is 1. The van der Waals surface area contributed by atoms with Crippen LogP contribution >= 0.6 is 0 Å². The molecular weight excluding hydrogens is 238 g/mol. The van der Waals surface area contributed by atoms with Crippen molar-refractivity contribution in [3.8, 4) is 0 Å². The van der Waals surface area contributed by atoms with E-state index in [0.29, 0.717) is 5.92 Å². The molecule has 2 aliphatic rings. The Morgan fingerprint density at radius 3 is 2.53 bits per heavy atom. The van der Waals surface area contributed by atoms with E-state index in [4.69, 9.17) is 0 Å². The van der Waals surface area contributed by atoms with Crippen molar-refractivity contribution in [2.24, 2.45) is 11.8 Å². The smallest absolute Gasteiger partial charge is 0.232 e. The number of anilines is 2. The average molecular weight is 259 g/mol. The minimum Gasteiger partial charge on any atom is -0.373 e. The number of carbonyl (C=O) groups is 1. The van der Waals surface area contributed by atoms with E-state index < -0.39 is 0 Å². The van der Waals surface area contributed by atoms with Gasteiger partial charge in [0.2, 0.25) is 5.91 Å². The Labute approximate surface area is 114 Å². The molecule has 0 aliphatic carbocycles. The van der Waals surface area contributed by atoms with E-state index in [9.17, 15) is 4.79 Å². The maximum absolute atomic E-state index is 12.6. The highest BCUT2D eigenvalue weighted by atomic mass is 16.2. The van der Waals surface area contributed by atoms with Gasteiger partial charge in [-0.1, -0.05) is 19.1 Å². The normalized spacial score (nSPS) is 23.6. The van der Waals surface area contributed by atoms with Crippen molar-refractivity contribution < 1.29 is 4.79 Å². The van der Waals surface area contributed by atoms with Crippen molar-refractivity contribution in [1.82, 2.24) is 5.32 Å². The van der Waals surface area contributed by atoms with Crippen LogP contribution in [0.1, 0.15) is 6.92 Å². The molecule has 0 bridgehead atoms. The predicted octanol–water partition coefficient (Wildman–Crippen LogP) is 1.32. The second-order valence-electron chi connectivity index (χ2n) is 5.78. The van der Waals surface area contributed by atoms with Gasteiger partial charge in [-0.25, -0.2) is 0 Å². The summed E-state index contributed by atoms with van der Waals surface area (Å²) in [5.41, 5.74) is 2.22. The van der Waals surface area contributed by atoms with Gasteiger partial charge in [-0.15, -0.1) is 0 Å². The van der Waals surface area contributed by atoms with Crippen LogP contribution in [0.2, 0.25) is 0 Å². The minimum absolute atomic E-state index is 0.156. The van der Waals surface area contributed by atoms with Crippen LogP contribution in [0.15, 0.2) is 24.3 Å². The Bertz CT molecular complexity index is 484. The van der Waals surface area contributed by atoms with Crippen LogP contribution in [-0.4, -0.2) is 39.1 Å². The predicted molar refractivity (Wildman–Crippen MR) is 77.6 cm³/mol. The Balaban J connectivity index is 1.97. The second kappa shape index (κ2) is 4.85. The number of rotatable bonds is 1. The first-order chi connectivity index (χ1) is 9.16. The summed E-state index contributed by atoms with van der Waals surface area (Å²) in [6, 6.07) is 8.22. The van der Waals surface area contributed by atoms with E-state index in [2.05, 4.69) is 36.3 Å². The number of fused-ring (bicyclic) bond motifs is 1. The summed E-state index contributed by atoms with van der Waals surface area (Å²) in [6.07, 6.45) is 0. The molecule has 1 aromatic rings. The SMILES string of the molecule is CC1CN(C)c2ccccc2N(C(=O)C2CNC2)C1. The van der Waals surface area contributed by atoms with Gasteiger partial charge < -0.3 is 15.1 Å². The van der Waals surface area contributed by atoms with Crippen molar-refractivity contribution in [3.05, 3.63) is 24.3 Å². The summed E-state index contributed by atoms with van der Waals surface area (Å²) in [7, 11) is 2.11. The van der Waals surface area contributed by atoms with Crippen LogP contribution in [-0.2, 0) is 4.79 Å². The van der Waals surface area contributed by atoms with Crippen LogP contribution in [0, 0.1) is 11.8 Å². The lowest BCUT2D eigenvalue weighted by molar-refractivity contribution is -0.123. The fourth-order valence-electron chi connectivity index (χ4n) is 2.94. The number of para-hydroxylation sites is 2. The van der Waals surface area contributed by atoms with Gasteiger partial charge >= 0.3 is 0 Å².